The van der Waals surface area contributed by atoms with E-state index in [2.05, 4.69) is 43.5 Å². The Morgan fingerprint density at radius 3 is 1.43 bits per heavy atom. The summed E-state index contributed by atoms with van der Waals surface area (Å²) in [6.07, 6.45) is 44.1. The molecular weight excluding hydrogens is 570 g/mol. The number of rotatable bonds is 35. The Labute approximate surface area is 285 Å². The van der Waals surface area contributed by atoms with Gasteiger partial charge in [-0.25, -0.2) is 0 Å². The van der Waals surface area contributed by atoms with Crippen molar-refractivity contribution in [3.63, 3.8) is 0 Å². The van der Waals surface area contributed by atoms with Crippen LogP contribution in [0.25, 0.3) is 0 Å². The summed E-state index contributed by atoms with van der Waals surface area (Å²) in [7, 11) is 0. The number of hydrogen-bond acceptors (Lipinski definition) is 4. The number of nitrogens with one attached hydrogen (secondary N) is 1. The van der Waals surface area contributed by atoms with Crippen LogP contribution in [0.2, 0.25) is 0 Å². The summed E-state index contributed by atoms with van der Waals surface area (Å²) in [6.45, 7) is 4.16. The van der Waals surface area contributed by atoms with Gasteiger partial charge in [0.05, 0.1) is 31.3 Å². The summed E-state index contributed by atoms with van der Waals surface area (Å²) in [5.74, 6) is -0.329. The van der Waals surface area contributed by atoms with E-state index in [1.54, 1.807) is 6.08 Å². The van der Waals surface area contributed by atoms with Gasteiger partial charge in [-0.3, -0.25) is 4.79 Å². The van der Waals surface area contributed by atoms with E-state index in [1.165, 1.54) is 116 Å². The molecule has 4 N–H and O–H groups in total. The second-order valence-electron chi connectivity index (χ2n) is 13.6. The van der Waals surface area contributed by atoms with Crippen LogP contribution in [0.15, 0.2) is 36.5 Å². The molecule has 0 aliphatic carbocycles. The second kappa shape index (κ2) is 36.4. The number of aliphatic hydroxyl groups excluding tert-OH is 3. The third kappa shape index (κ3) is 32.5. The standard InChI is InChI=1S/C41H77NO4/c1-3-5-7-9-11-13-15-17-18-19-20-21-23-25-27-29-31-33-35-40(45)39(37-43)42-41(46)36-38(44)34-32-30-28-26-24-22-16-14-12-10-8-6-4-2/h12,14,16,22,33,35,38-40,43-45H,3-11,13,15,17-21,23-32,34,36-37H2,1-2H3,(H,42,46)/b14-12-,22-16-,35-33+. The lowest BCUT2D eigenvalue weighted by Crippen LogP contribution is -2.45. The molecule has 0 aromatic carbocycles. The minimum absolute atomic E-state index is 0.000539. The van der Waals surface area contributed by atoms with E-state index >= 15 is 0 Å². The van der Waals surface area contributed by atoms with Gasteiger partial charge < -0.3 is 20.6 Å². The smallest absolute Gasteiger partial charge is 0.222 e. The van der Waals surface area contributed by atoms with Crippen LogP contribution in [-0.4, -0.2) is 46.1 Å². The molecule has 0 aromatic rings. The highest BCUT2D eigenvalue weighted by Gasteiger charge is 2.20. The number of carbonyl (C=O) groups is 1. The lowest BCUT2D eigenvalue weighted by molar-refractivity contribution is -0.124. The maximum atomic E-state index is 12.4. The maximum absolute atomic E-state index is 12.4. The Kier molecular flexibility index (Phi) is 35.3. The second-order valence-corrected chi connectivity index (χ2v) is 13.6. The highest BCUT2D eigenvalue weighted by atomic mass is 16.3. The first-order valence-corrected chi connectivity index (χ1v) is 19.8. The average molecular weight is 648 g/mol. The van der Waals surface area contributed by atoms with Crippen molar-refractivity contribution in [1.29, 1.82) is 0 Å². The van der Waals surface area contributed by atoms with Gasteiger partial charge in [0.15, 0.2) is 0 Å². The van der Waals surface area contributed by atoms with Crippen molar-refractivity contribution >= 4 is 5.91 Å². The first kappa shape index (κ1) is 44.6. The molecule has 5 nitrogen and oxygen atoms in total. The van der Waals surface area contributed by atoms with E-state index in [9.17, 15) is 20.1 Å². The van der Waals surface area contributed by atoms with Gasteiger partial charge in [0.25, 0.3) is 0 Å². The molecule has 0 saturated carbocycles. The van der Waals surface area contributed by atoms with Crippen molar-refractivity contribution in [1.82, 2.24) is 5.32 Å². The van der Waals surface area contributed by atoms with Crippen LogP contribution in [0.1, 0.15) is 194 Å². The molecule has 1 amide bonds. The molecule has 0 heterocycles. The Balaban J connectivity index is 3.74. The van der Waals surface area contributed by atoms with E-state index in [0.29, 0.717) is 6.42 Å². The number of aliphatic hydroxyl groups is 3. The lowest BCUT2D eigenvalue weighted by atomic mass is 10.0. The van der Waals surface area contributed by atoms with Gasteiger partial charge in [-0.15, -0.1) is 0 Å². The molecular formula is C41H77NO4. The van der Waals surface area contributed by atoms with Gasteiger partial charge in [-0.2, -0.15) is 0 Å². The molecule has 3 unspecified atom stereocenters. The van der Waals surface area contributed by atoms with Crippen LogP contribution >= 0.6 is 0 Å². The van der Waals surface area contributed by atoms with Crippen LogP contribution in [-0.2, 0) is 4.79 Å². The first-order valence-electron chi connectivity index (χ1n) is 19.8. The first-order chi connectivity index (χ1) is 22.5. The summed E-state index contributed by atoms with van der Waals surface area (Å²) in [6, 6.07) is -0.749. The highest BCUT2D eigenvalue weighted by molar-refractivity contribution is 5.76. The van der Waals surface area contributed by atoms with Crippen LogP contribution in [0.4, 0.5) is 0 Å². The van der Waals surface area contributed by atoms with E-state index < -0.39 is 18.2 Å². The third-order valence-electron chi connectivity index (χ3n) is 8.95. The van der Waals surface area contributed by atoms with Crippen molar-refractivity contribution in [3.05, 3.63) is 36.5 Å². The Morgan fingerprint density at radius 1 is 0.565 bits per heavy atom. The van der Waals surface area contributed by atoms with Crippen LogP contribution < -0.4 is 5.32 Å². The molecule has 0 radical (unpaired) electrons. The van der Waals surface area contributed by atoms with E-state index in [0.717, 1.165) is 51.4 Å². The highest BCUT2D eigenvalue weighted by Crippen LogP contribution is 2.15. The fourth-order valence-electron chi connectivity index (χ4n) is 5.86. The molecule has 46 heavy (non-hydrogen) atoms. The molecule has 0 rings (SSSR count). The predicted molar refractivity (Wildman–Crippen MR) is 199 cm³/mol. The monoisotopic (exact) mass is 648 g/mol. The van der Waals surface area contributed by atoms with E-state index in [4.69, 9.17) is 0 Å². The SMILES string of the molecule is CCCCC/C=C\C=C/CCCCCCC(O)CC(=O)NC(CO)C(O)/C=C/CCCCCCCCCCCCCCCCCC. The number of allylic oxidation sites excluding steroid dienone is 5. The van der Waals surface area contributed by atoms with Gasteiger partial charge >= 0.3 is 0 Å². The quantitative estimate of drug-likeness (QED) is 0.0313. The summed E-state index contributed by atoms with van der Waals surface area (Å²) < 4.78 is 0. The minimum Gasteiger partial charge on any atom is -0.394 e. The van der Waals surface area contributed by atoms with Crippen molar-refractivity contribution in [2.45, 2.75) is 212 Å². The Hall–Kier alpha value is -1.43. The number of carbonyl (C=O) groups excluding carboxylic acids is 1. The lowest BCUT2D eigenvalue weighted by Gasteiger charge is -2.21. The van der Waals surface area contributed by atoms with Crippen molar-refractivity contribution in [2.75, 3.05) is 6.61 Å². The molecule has 0 aliphatic rings. The van der Waals surface area contributed by atoms with Crippen molar-refractivity contribution in [2.24, 2.45) is 0 Å². The summed E-state index contributed by atoms with van der Waals surface area (Å²) in [5.41, 5.74) is 0. The molecule has 0 spiro atoms. The van der Waals surface area contributed by atoms with Gasteiger partial charge in [0, 0.05) is 0 Å². The van der Waals surface area contributed by atoms with E-state index in [-0.39, 0.29) is 18.9 Å². The molecule has 0 bridgehead atoms. The van der Waals surface area contributed by atoms with Gasteiger partial charge in [-0.05, 0) is 44.9 Å². The van der Waals surface area contributed by atoms with Gasteiger partial charge in [-0.1, -0.05) is 179 Å². The normalized spacial score (nSPS) is 14.1. The molecule has 3 atom stereocenters. The number of unbranched alkanes of at least 4 members (excludes halogenated alkanes) is 23. The largest absolute Gasteiger partial charge is 0.394 e. The summed E-state index contributed by atoms with van der Waals surface area (Å²) >= 11 is 0. The van der Waals surface area contributed by atoms with E-state index in [1.807, 2.05) is 6.08 Å². The van der Waals surface area contributed by atoms with Gasteiger partial charge in [0.2, 0.25) is 5.91 Å². The molecule has 270 valence electrons. The maximum Gasteiger partial charge on any atom is 0.222 e. The molecule has 0 saturated heterocycles. The van der Waals surface area contributed by atoms with Crippen molar-refractivity contribution in [3.8, 4) is 0 Å². The molecule has 5 heteroatoms. The summed E-state index contributed by atoms with van der Waals surface area (Å²) in [4.78, 5) is 12.4. The van der Waals surface area contributed by atoms with Crippen molar-refractivity contribution < 1.29 is 20.1 Å². The fourth-order valence-corrected chi connectivity index (χ4v) is 5.86. The van der Waals surface area contributed by atoms with Gasteiger partial charge in [0.1, 0.15) is 0 Å². The average Bonchev–Trinajstić information content (AvgIpc) is 3.05. The Bertz CT molecular complexity index is 719. The van der Waals surface area contributed by atoms with Crippen LogP contribution in [0.3, 0.4) is 0 Å². The zero-order valence-corrected chi connectivity index (χ0v) is 30.5. The zero-order valence-electron chi connectivity index (χ0n) is 30.5. The molecule has 0 aliphatic heterocycles. The topological polar surface area (TPSA) is 89.8 Å². The van der Waals surface area contributed by atoms with Crippen LogP contribution in [0, 0.1) is 0 Å². The fraction of sp³-hybridized carbons (Fsp3) is 0.829. The van der Waals surface area contributed by atoms with Crippen LogP contribution in [0.5, 0.6) is 0 Å². The third-order valence-corrected chi connectivity index (χ3v) is 8.95. The number of amides is 1. The minimum atomic E-state index is -0.933. The zero-order chi connectivity index (χ0) is 33.8. The predicted octanol–water partition coefficient (Wildman–Crippen LogP) is 10.8. The number of hydrogen-bond donors (Lipinski definition) is 4. The Morgan fingerprint density at radius 2 is 0.957 bits per heavy atom. The summed E-state index contributed by atoms with van der Waals surface area (Å²) in [5, 5.41) is 33.1. The molecule has 0 aromatic heterocycles. The molecule has 0 fully saturated rings.